The molecule has 0 aromatic heterocycles. The summed E-state index contributed by atoms with van der Waals surface area (Å²) in [5.41, 5.74) is 1.07. The van der Waals surface area contributed by atoms with Crippen LogP contribution in [0.1, 0.15) is 24.3 Å². The first-order valence-electron chi connectivity index (χ1n) is 7.60. The molecule has 0 bridgehead atoms. The van der Waals surface area contributed by atoms with Crippen molar-refractivity contribution in [1.82, 2.24) is 0 Å². The van der Waals surface area contributed by atoms with Gasteiger partial charge in [-0.05, 0) is 6.92 Å². The third kappa shape index (κ3) is 3.15. The van der Waals surface area contributed by atoms with E-state index in [1.807, 2.05) is 24.3 Å². The zero-order chi connectivity index (χ0) is 16.9. The van der Waals surface area contributed by atoms with Crippen molar-refractivity contribution < 1.29 is 23.8 Å². The minimum atomic E-state index is -0.910. The Morgan fingerprint density at radius 2 is 1.62 bits per heavy atom. The molecule has 122 valence electrons. The van der Waals surface area contributed by atoms with Gasteiger partial charge in [0.05, 0.1) is 6.61 Å². The van der Waals surface area contributed by atoms with Gasteiger partial charge in [-0.25, -0.2) is 9.59 Å². The van der Waals surface area contributed by atoms with Crippen molar-refractivity contribution in [2.24, 2.45) is 0 Å². The van der Waals surface area contributed by atoms with Crippen molar-refractivity contribution in [1.29, 1.82) is 0 Å². The summed E-state index contributed by atoms with van der Waals surface area (Å²) in [6.45, 7) is 1.82. The summed E-state index contributed by atoms with van der Waals surface area (Å²) in [5, 5.41) is 0. The van der Waals surface area contributed by atoms with Crippen LogP contribution >= 0.6 is 0 Å². The zero-order valence-electron chi connectivity index (χ0n) is 13.1. The second-order valence-electron chi connectivity index (χ2n) is 5.06. The molecule has 0 saturated carbocycles. The van der Waals surface area contributed by atoms with Crippen LogP contribution in [0.25, 0.3) is 5.76 Å². The van der Waals surface area contributed by atoms with Crippen LogP contribution in [0.5, 0.6) is 0 Å². The molecule has 0 aliphatic carbocycles. The van der Waals surface area contributed by atoms with Crippen LogP contribution in [0.3, 0.4) is 0 Å². The van der Waals surface area contributed by atoms with E-state index < -0.39 is 18.2 Å². The molecule has 24 heavy (non-hydrogen) atoms. The fourth-order valence-electron chi connectivity index (χ4n) is 2.37. The van der Waals surface area contributed by atoms with Crippen LogP contribution in [-0.4, -0.2) is 18.5 Å². The number of ether oxygens (including phenoxy) is 3. The van der Waals surface area contributed by atoms with E-state index >= 15 is 0 Å². The van der Waals surface area contributed by atoms with Gasteiger partial charge in [-0.15, -0.1) is 0 Å². The van der Waals surface area contributed by atoms with Gasteiger partial charge >= 0.3 is 11.9 Å². The second-order valence-corrected chi connectivity index (χ2v) is 5.06. The fourth-order valence-corrected chi connectivity index (χ4v) is 2.37. The lowest BCUT2D eigenvalue weighted by Gasteiger charge is -2.27. The maximum Gasteiger partial charge on any atom is 0.352 e. The Hall–Kier alpha value is -3.08. The SMILES string of the molecule is CCOC(=O)C1=C(c2ccccc2)OC(c2ccccc2)OC1=O. The molecule has 1 heterocycles. The maximum absolute atomic E-state index is 12.4. The third-order valence-corrected chi connectivity index (χ3v) is 3.46. The van der Waals surface area contributed by atoms with Crippen LogP contribution in [0, 0.1) is 0 Å². The Kier molecular flexibility index (Phi) is 4.61. The highest BCUT2D eigenvalue weighted by Crippen LogP contribution is 2.35. The molecule has 1 atom stereocenters. The average molecular weight is 324 g/mol. The van der Waals surface area contributed by atoms with E-state index in [2.05, 4.69) is 0 Å². The van der Waals surface area contributed by atoms with E-state index in [4.69, 9.17) is 14.2 Å². The lowest BCUT2D eigenvalue weighted by Crippen LogP contribution is -2.28. The summed E-state index contributed by atoms with van der Waals surface area (Å²) in [6.07, 6.45) is -0.910. The number of carbonyl (C=O) groups is 2. The van der Waals surface area contributed by atoms with Crippen molar-refractivity contribution in [2.75, 3.05) is 6.61 Å². The molecule has 5 nitrogen and oxygen atoms in total. The Labute approximate surface area is 139 Å². The summed E-state index contributed by atoms with van der Waals surface area (Å²) < 4.78 is 16.1. The topological polar surface area (TPSA) is 61.8 Å². The monoisotopic (exact) mass is 324 g/mol. The normalized spacial score (nSPS) is 17.0. The molecule has 0 saturated heterocycles. The molecule has 5 heteroatoms. The van der Waals surface area contributed by atoms with Crippen LogP contribution in [0.15, 0.2) is 66.2 Å². The fraction of sp³-hybridized carbons (Fsp3) is 0.158. The van der Waals surface area contributed by atoms with Crippen molar-refractivity contribution in [3.05, 3.63) is 77.4 Å². The predicted octanol–water partition coefficient (Wildman–Crippen LogP) is 3.23. The highest BCUT2D eigenvalue weighted by Gasteiger charge is 2.37. The molecular weight excluding hydrogens is 308 g/mol. The summed E-state index contributed by atoms with van der Waals surface area (Å²) in [4.78, 5) is 24.6. The standard InChI is InChI=1S/C19H16O5/c1-2-22-17(20)15-16(13-9-5-3-6-10-13)23-19(24-18(15)21)14-11-7-4-8-12-14/h3-12,19H,2H2,1H3. The first-order valence-corrected chi connectivity index (χ1v) is 7.60. The van der Waals surface area contributed by atoms with Crippen molar-refractivity contribution in [2.45, 2.75) is 13.2 Å². The number of rotatable bonds is 4. The van der Waals surface area contributed by atoms with E-state index in [0.717, 1.165) is 0 Å². The van der Waals surface area contributed by atoms with Crippen molar-refractivity contribution in [3.8, 4) is 0 Å². The van der Waals surface area contributed by atoms with Gasteiger partial charge in [0.2, 0.25) is 0 Å². The van der Waals surface area contributed by atoms with E-state index in [1.54, 1.807) is 43.3 Å². The Bertz CT molecular complexity index is 765. The van der Waals surface area contributed by atoms with E-state index in [0.29, 0.717) is 11.1 Å². The van der Waals surface area contributed by atoms with Crippen LogP contribution in [0.4, 0.5) is 0 Å². The van der Waals surface area contributed by atoms with E-state index in [1.165, 1.54) is 0 Å². The number of carbonyl (C=O) groups excluding carboxylic acids is 2. The second kappa shape index (κ2) is 7.00. The first-order chi connectivity index (χ1) is 11.7. The lowest BCUT2D eigenvalue weighted by atomic mass is 10.1. The lowest BCUT2D eigenvalue weighted by molar-refractivity contribution is -0.171. The first kappa shape index (κ1) is 15.8. The largest absolute Gasteiger partial charge is 0.462 e. The molecule has 1 aliphatic rings. The van der Waals surface area contributed by atoms with E-state index in [-0.39, 0.29) is 17.9 Å². The summed E-state index contributed by atoms with van der Waals surface area (Å²) in [7, 11) is 0. The Morgan fingerprint density at radius 1 is 1.00 bits per heavy atom. The average Bonchev–Trinajstić information content (AvgIpc) is 2.62. The van der Waals surface area contributed by atoms with Gasteiger partial charge in [-0.3, -0.25) is 0 Å². The number of hydrogen-bond donors (Lipinski definition) is 0. The number of esters is 2. The molecule has 2 aromatic rings. The van der Waals surface area contributed by atoms with E-state index in [9.17, 15) is 9.59 Å². The molecule has 1 unspecified atom stereocenters. The van der Waals surface area contributed by atoms with Crippen molar-refractivity contribution in [3.63, 3.8) is 0 Å². The van der Waals surface area contributed by atoms with Gasteiger partial charge < -0.3 is 14.2 Å². The van der Waals surface area contributed by atoms with Gasteiger partial charge in [0, 0.05) is 11.1 Å². The molecular formula is C19H16O5. The van der Waals surface area contributed by atoms with Crippen molar-refractivity contribution >= 4 is 17.7 Å². The summed E-state index contributed by atoms with van der Waals surface area (Å²) in [6, 6.07) is 18.0. The molecule has 0 spiro atoms. The molecule has 2 aromatic carbocycles. The third-order valence-electron chi connectivity index (χ3n) is 3.46. The number of cyclic esters (lactones) is 1. The Balaban J connectivity index is 2.05. The number of hydrogen-bond acceptors (Lipinski definition) is 5. The van der Waals surface area contributed by atoms with Gasteiger partial charge in [-0.1, -0.05) is 60.7 Å². The highest BCUT2D eigenvalue weighted by atomic mass is 16.7. The minimum absolute atomic E-state index is 0.153. The number of benzene rings is 2. The Morgan fingerprint density at radius 3 is 2.25 bits per heavy atom. The zero-order valence-corrected chi connectivity index (χ0v) is 13.1. The molecule has 0 amide bonds. The molecule has 1 aliphatic heterocycles. The summed E-state index contributed by atoms with van der Waals surface area (Å²) >= 11 is 0. The molecule has 0 N–H and O–H groups in total. The predicted molar refractivity (Wildman–Crippen MR) is 86.4 cm³/mol. The van der Waals surface area contributed by atoms with Gasteiger partial charge in [0.1, 0.15) is 0 Å². The maximum atomic E-state index is 12.4. The van der Waals surface area contributed by atoms with Crippen LogP contribution < -0.4 is 0 Å². The minimum Gasteiger partial charge on any atom is -0.462 e. The molecule has 0 fully saturated rings. The highest BCUT2D eigenvalue weighted by molar-refractivity contribution is 6.19. The quantitative estimate of drug-likeness (QED) is 0.638. The van der Waals surface area contributed by atoms with Gasteiger partial charge in [-0.2, -0.15) is 0 Å². The van der Waals surface area contributed by atoms with Gasteiger partial charge in [0.15, 0.2) is 11.3 Å². The molecule has 3 rings (SSSR count). The van der Waals surface area contributed by atoms with Crippen LogP contribution in [0.2, 0.25) is 0 Å². The van der Waals surface area contributed by atoms with Gasteiger partial charge in [0.25, 0.3) is 6.29 Å². The summed E-state index contributed by atoms with van der Waals surface area (Å²) in [5.74, 6) is -1.35. The smallest absolute Gasteiger partial charge is 0.352 e. The molecule has 0 radical (unpaired) electrons. The van der Waals surface area contributed by atoms with Crippen LogP contribution in [-0.2, 0) is 23.8 Å².